The molecule has 0 atom stereocenters. The van der Waals surface area contributed by atoms with Crippen molar-refractivity contribution in [1.82, 2.24) is 9.55 Å². The van der Waals surface area contributed by atoms with Crippen molar-refractivity contribution in [3.05, 3.63) is 76.5 Å². The minimum atomic E-state index is 0.634. The first-order valence-electron chi connectivity index (χ1n) is 6.53. The van der Waals surface area contributed by atoms with Crippen molar-refractivity contribution in [2.45, 2.75) is 6.54 Å². The standard InChI is InChI=1S/C17H12BrN3/c18-16-7-5-13(6-8-16)17-20-9-10-21(17)12-15-4-2-1-3-14(15)11-19/h1-10H,12H2. The maximum Gasteiger partial charge on any atom is 0.140 e. The van der Waals surface area contributed by atoms with Crippen LogP contribution in [0.1, 0.15) is 11.1 Å². The third-order valence-corrected chi connectivity index (χ3v) is 3.83. The summed E-state index contributed by atoms with van der Waals surface area (Å²) in [6.45, 7) is 0.634. The molecule has 3 aromatic rings. The van der Waals surface area contributed by atoms with E-state index in [0.717, 1.165) is 21.4 Å². The Hall–Kier alpha value is -2.38. The number of nitriles is 1. The molecule has 0 unspecified atom stereocenters. The summed E-state index contributed by atoms with van der Waals surface area (Å²) in [4.78, 5) is 4.43. The molecule has 0 fully saturated rings. The Bertz CT molecular complexity index is 797. The van der Waals surface area contributed by atoms with Gasteiger partial charge in [0.05, 0.1) is 18.2 Å². The number of rotatable bonds is 3. The number of imidazole rings is 1. The van der Waals surface area contributed by atoms with E-state index >= 15 is 0 Å². The topological polar surface area (TPSA) is 41.6 Å². The zero-order chi connectivity index (χ0) is 14.7. The van der Waals surface area contributed by atoms with Gasteiger partial charge < -0.3 is 4.57 Å². The highest BCUT2D eigenvalue weighted by Crippen LogP contribution is 2.21. The van der Waals surface area contributed by atoms with Gasteiger partial charge in [-0.3, -0.25) is 0 Å². The molecule has 0 spiro atoms. The van der Waals surface area contributed by atoms with Crippen LogP contribution < -0.4 is 0 Å². The van der Waals surface area contributed by atoms with Gasteiger partial charge in [-0.1, -0.05) is 46.3 Å². The average Bonchev–Trinajstić information content (AvgIpc) is 2.97. The van der Waals surface area contributed by atoms with Crippen LogP contribution in [-0.2, 0) is 6.54 Å². The van der Waals surface area contributed by atoms with E-state index in [-0.39, 0.29) is 0 Å². The van der Waals surface area contributed by atoms with Crippen LogP contribution in [0.3, 0.4) is 0 Å². The summed E-state index contributed by atoms with van der Waals surface area (Å²) < 4.78 is 3.10. The number of halogens is 1. The van der Waals surface area contributed by atoms with Crippen molar-refractivity contribution in [2.24, 2.45) is 0 Å². The van der Waals surface area contributed by atoms with Crippen molar-refractivity contribution in [1.29, 1.82) is 5.26 Å². The van der Waals surface area contributed by atoms with Crippen molar-refractivity contribution < 1.29 is 0 Å². The fourth-order valence-corrected chi connectivity index (χ4v) is 2.51. The molecule has 0 saturated heterocycles. The molecule has 3 nitrogen and oxygen atoms in total. The summed E-state index contributed by atoms with van der Waals surface area (Å²) >= 11 is 3.44. The summed E-state index contributed by atoms with van der Waals surface area (Å²) in [6.07, 6.45) is 3.72. The van der Waals surface area contributed by atoms with Crippen LogP contribution in [0.5, 0.6) is 0 Å². The molecule has 4 heteroatoms. The Kier molecular flexibility index (Phi) is 3.85. The van der Waals surface area contributed by atoms with Crippen LogP contribution in [0.25, 0.3) is 11.4 Å². The van der Waals surface area contributed by atoms with E-state index in [1.807, 2.05) is 54.7 Å². The first-order valence-corrected chi connectivity index (χ1v) is 7.32. The highest BCUT2D eigenvalue weighted by atomic mass is 79.9. The molecule has 1 aromatic heterocycles. The van der Waals surface area contributed by atoms with Crippen LogP contribution in [-0.4, -0.2) is 9.55 Å². The van der Waals surface area contributed by atoms with Crippen molar-refractivity contribution >= 4 is 15.9 Å². The lowest BCUT2D eigenvalue weighted by molar-refractivity contribution is 0.805. The highest BCUT2D eigenvalue weighted by molar-refractivity contribution is 9.10. The molecular weight excluding hydrogens is 326 g/mol. The zero-order valence-electron chi connectivity index (χ0n) is 11.2. The van der Waals surface area contributed by atoms with Gasteiger partial charge in [-0.05, 0) is 23.8 Å². The summed E-state index contributed by atoms with van der Waals surface area (Å²) in [5.74, 6) is 0.898. The zero-order valence-corrected chi connectivity index (χ0v) is 12.8. The molecule has 1 heterocycles. The molecule has 0 aliphatic heterocycles. The fourth-order valence-electron chi connectivity index (χ4n) is 2.25. The molecule has 0 bridgehead atoms. The molecule has 0 aliphatic carbocycles. The first kappa shape index (κ1) is 13.6. The smallest absolute Gasteiger partial charge is 0.140 e. The van der Waals surface area contributed by atoms with E-state index in [1.165, 1.54) is 0 Å². The van der Waals surface area contributed by atoms with Crippen LogP contribution >= 0.6 is 15.9 Å². The maximum atomic E-state index is 9.18. The third kappa shape index (κ3) is 2.88. The second kappa shape index (κ2) is 5.94. The van der Waals surface area contributed by atoms with Gasteiger partial charge in [0.15, 0.2) is 0 Å². The number of benzene rings is 2. The molecule has 0 amide bonds. The molecule has 0 radical (unpaired) electrons. The predicted octanol–water partition coefficient (Wildman–Crippen LogP) is 4.23. The van der Waals surface area contributed by atoms with Crippen LogP contribution in [0.2, 0.25) is 0 Å². The molecule has 2 aromatic carbocycles. The lowest BCUT2D eigenvalue weighted by Gasteiger charge is -2.09. The van der Waals surface area contributed by atoms with Crippen molar-refractivity contribution in [3.63, 3.8) is 0 Å². The van der Waals surface area contributed by atoms with Gasteiger partial charge in [0.1, 0.15) is 5.82 Å². The Morgan fingerprint density at radius 1 is 1.10 bits per heavy atom. The minimum Gasteiger partial charge on any atom is -0.327 e. The Balaban J connectivity index is 1.96. The normalized spacial score (nSPS) is 10.3. The molecule has 3 rings (SSSR count). The molecular formula is C17H12BrN3. The lowest BCUT2D eigenvalue weighted by Crippen LogP contribution is -2.02. The van der Waals surface area contributed by atoms with E-state index in [1.54, 1.807) is 6.20 Å². The summed E-state index contributed by atoms with van der Waals surface area (Å²) in [6, 6.07) is 17.9. The van der Waals surface area contributed by atoms with Crippen LogP contribution in [0.15, 0.2) is 65.4 Å². The van der Waals surface area contributed by atoms with E-state index in [2.05, 4.69) is 31.6 Å². The van der Waals surface area contributed by atoms with Crippen LogP contribution in [0, 0.1) is 11.3 Å². The highest BCUT2D eigenvalue weighted by Gasteiger charge is 2.08. The van der Waals surface area contributed by atoms with Gasteiger partial charge in [0, 0.05) is 22.4 Å². The third-order valence-electron chi connectivity index (χ3n) is 3.30. The first-order chi connectivity index (χ1) is 10.3. The summed E-state index contributed by atoms with van der Waals surface area (Å²) in [5.41, 5.74) is 2.75. The number of nitrogens with zero attached hydrogens (tertiary/aromatic N) is 3. The van der Waals surface area contributed by atoms with Gasteiger partial charge in [0.2, 0.25) is 0 Å². The summed E-state index contributed by atoms with van der Waals surface area (Å²) in [5, 5.41) is 9.18. The van der Waals surface area contributed by atoms with E-state index in [9.17, 15) is 5.26 Å². The minimum absolute atomic E-state index is 0.634. The summed E-state index contributed by atoms with van der Waals surface area (Å²) in [7, 11) is 0. The molecule has 0 N–H and O–H groups in total. The Morgan fingerprint density at radius 2 is 1.86 bits per heavy atom. The SMILES string of the molecule is N#Cc1ccccc1Cn1ccnc1-c1ccc(Br)cc1. The quantitative estimate of drug-likeness (QED) is 0.717. The largest absolute Gasteiger partial charge is 0.327 e. The van der Waals surface area contributed by atoms with Crippen molar-refractivity contribution in [3.8, 4) is 17.5 Å². The maximum absolute atomic E-state index is 9.18. The van der Waals surface area contributed by atoms with Crippen molar-refractivity contribution in [2.75, 3.05) is 0 Å². The molecule has 21 heavy (non-hydrogen) atoms. The van der Waals surface area contributed by atoms with Gasteiger partial charge in [-0.15, -0.1) is 0 Å². The molecule has 0 aliphatic rings. The van der Waals surface area contributed by atoms with Gasteiger partial charge in [-0.25, -0.2) is 4.98 Å². The van der Waals surface area contributed by atoms with E-state index < -0.39 is 0 Å². The number of hydrogen-bond donors (Lipinski definition) is 0. The van der Waals surface area contributed by atoms with E-state index in [0.29, 0.717) is 12.1 Å². The Morgan fingerprint density at radius 3 is 2.62 bits per heavy atom. The number of hydrogen-bond acceptors (Lipinski definition) is 2. The molecule has 102 valence electrons. The number of aromatic nitrogens is 2. The van der Waals surface area contributed by atoms with E-state index in [4.69, 9.17) is 0 Å². The lowest BCUT2D eigenvalue weighted by atomic mass is 10.1. The van der Waals surface area contributed by atoms with Gasteiger partial charge in [0.25, 0.3) is 0 Å². The monoisotopic (exact) mass is 337 g/mol. The van der Waals surface area contributed by atoms with Gasteiger partial charge >= 0.3 is 0 Å². The molecule has 0 saturated carbocycles. The second-order valence-electron chi connectivity index (χ2n) is 4.65. The van der Waals surface area contributed by atoms with Crippen LogP contribution in [0.4, 0.5) is 0 Å². The second-order valence-corrected chi connectivity index (χ2v) is 5.57. The predicted molar refractivity (Wildman–Crippen MR) is 85.6 cm³/mol. The fraction of sp³-hybridized carbons (Fsp3) is 0.0588. The Labute approximate surface area is 131 Å². The average molecular weight is 338 g/mol. The van der Waals surface area contributed by atoms with Gasteiger partial charge in [-0.2, -0.15) is 5.26 Å².